The SMILES string of the molecule is NC1CC2CCCC(C1)C2NC(=O)C1CCCC1N. The predicted octanol–water partition coefficient (Wildman–Crippen LogP) is 1.14. The quantitative estimate of drug-likeness (QED) is 0.700. The lowest BCUT2D eigenvalue weighted by Crippen LogP contribution is -2.55. The van der Waals surface area contributed by atoms with Crippen molar-refractivity contribution in [3.63, 3.8) is 0 Å². The lowest BCUT2D eigenvalue weighted by molar-refractivity contribution is -0.127. The number of hydrogen-bond acceptors (Lipinski definition) is 3. The number of carbonyl (C=O) groups excluding carboxylic acids is 1. The van der Waals surface area contributed by atoms with E-state index in [0.29, 0.717) is 23.9 Å². The van der Waals surface area contributed by atoms with Crippen LogP contribution in [0.15, 0.2) is 0 Å². The molecule has 19 heavy (non-hydrogen) atoms. The highest BCUT2D eigenvalue weighted by Crippen LogP contribution is 2.40. The topological polar surface area (TPSA) is 81.1 Å². The van der Waals surface area contributed by atoms with Crippen LogP contribution >= 0.6 is 0 Å². The first-order valence-corrected chi connectivity index (χ1v) is 7.96. The zero-order valence-electron chi connectivity index (χ0n) is 11.7. The fourth-order valence-corrected chi connectivity index (χ4v) is 4.61. The summed E-state index contributed by atoms with van der Waals surface area (Å²) < 4.78 is 0. The predicted molar refractivity (Wildman–Crippen MR) is 75.3 cm³/mol. The standard InChI is InChI=1S/C15H27N3O/c16-11-7-9-3-1-4-10(8-11)14(9)18-15(19)12-5-2-6-13(12)17/h9-14H,1-8,16-17H2,(H,18,19). The van der Waals surface area contributed by atoms with Crippen LogP contribution < -0.4 is 16.8 Å². The number of fused-ring (bicyclic) bond motifs is 2. The van der Waals surface area contributed by atoms with E-state index in [2.05, 4.69) is 5.32 Å². The molecule has 3 rings (SSSR count). The third-order valence-corrected chi connectivity index (χ3v) is 5.59. The van der Waals surface area contributed by atoms with E-state index in [-0.39, 0.29) is 17.9 Å². The number of hydrogen-bond donors (Lipinski definition) is 3. The van der Waals surface area contributed by atoms with Gasteiger partial charge >= 0.3 is 0 Å². The largest absolute Gasteiger partial charge is 0.353 e. The van der Waals surface area contributed by atoms with E-state index in [1.807, 2.05) is 0 Å². The summed E-state index contributed by atoms with van der Waals surface area (Å²) in [4.78, 5) is 12.4. The van der Waals surface area contributed by atoms with Crippen LogP contribution in [0.25, 0.3) is 0 Å². The Balaban J connectivity index is 1.64. The molecule has 0 aromatic rings. The van der Waals surface area contributed by atoms with Crippen LogP contribution in [-0.4, -0.2) is 24.0 Å². The highest BCUT2D eigenvalue weighted by atomic mass is 16.2. The molecule has 2 bridgehead atoms. The smallest absolute Gasteiger partial charge is 0.224 e. The first-order chi connectivity index (χ1) is 9.15. The van der Waals surface area contributed by atoms with Gasteiger partial charge in [-0.15, -0.1) is 0 Å². The molecule has 4 heteroatoms. The summed E-state index contributed by atoms with van der Waals surface area (Å²) in [5.41, 5.74) is 12.2. The van der Waals surface area contributed by atoms with Crippen LogP contribution in [0.3, 0.4) is 0 Å². The van der Waals surface area contributed by atoms with Gasteiger partial charge in [-0.3, -0.25) is 4.79 Å². The Kier molecular flexibility index (Phi) is 3.81. The number of rotatable bonds is 2. The monoisotopic (exact) mass is 265 g/mol. The van der Waals surface area contributed by atoms with Gasteiger partial charge in [0.25, 0.3) is 0 Å². The summed E-state index contributed by atoms with van der Waals surface area (Å²) in [6.45, 7) is 0. The zero-order chi connectivity index (χ0) is 13.4. The van der Waals surface area contributed by atoms with E-state index in [0.717, 1.165) is 32.1 Å². The molecule has 4 unspecified atom stereocenters. The van der Waals surface area contributed by atoms with Gasteiger partial charge in [-0.2, -0.15) is 0 Å². The lowest BCUT2D eigenvalue weighted by atomic mass is 9.67. The second-order valence-corrected chi connectivity index (χ2v) is 6.92. The Labute approximate surface area is 115 Å². The van der Waals surface area contributed by atoms with Gasteiger partial charge in [-0.1, -0.05) is 12.8 Å². The summed E-state index contributed by atoms with van der Waals surface area (Å²) in [5, 5.41) is 3.34. The van der Waals surface area contributed by atoms with Crippen molar-refractivity contribution < 1.29 is 4.79 Å². The lowest BCUT2D eigenvalue weighted by Gasteiger charge is -2.45. The molecule has 0 aromatic carbocycles. The van der Waals surface area contributed by atoms with E-state index in [1.54, 1.807) is 0 Å². The number of amides is 1. The summed E-state index contributed by atoms with van der Waals surface area (Å²) >= 11 is 0. The van der Waals surface area contributed by atoms with Crippen LogP contribution in [0.2, 0.25) is 0 Å². The molecule has 0 heterocycles. The van der Waals surface area contributed by atoms with E-state index in [9.17, 15) is 4.79 Å². The fourth-order valence-electron chi connectivity index (χ4n) is 4.61. The molecule has 5 N–H and O–H groups in total. The van der Waals surface area contributed by atoms with Crippen molar-refractivity contribution >= 4 is 5.91 Å². The molecular weight excluding hydrogens is 238 g/mol. The molecule has 1 amide bonds. The van der Waals surface area contributed by atoms with Crippen molar-refractivity contribution in [2.45, 2.75) is 69.5 Å². The average molecular weight is 265 g/mol. The van der Waals surface area contributed by atoms with Crippen LogP contribution in [0.5, 0.6) is 0 Å². The molecule has 4 atom stereocenters. The van der Waals surface area contributed by atoms with Crippen LogP contribution in [0.4, 0.5) is 0 Å². The zero-order valence-corrected chi connectivity index (χ0v) is 11.7. The minimum atomic E-state index is 0.0522. The van der Waals surface area contributed by atoms with E-state index < -0.39 is 0 Å². The van der Waals surface area contributed by atoms with Gasteiger partial charge in [0.05, 0.1) is 5.92 Å². The van der Waals surface area contributed by atoms with Gasteiger partial charge in [0.15, 0.2) is 0 Å². The fraction of sp³-hybridized carbons (Fsp3) is 0.933. The van der Waals surface area contributed by atoms with E-state index in [1.165, 1.54) is 19.3 Å². The summed E-state index contributed by atoms with van der Waals surface area (Å²) in [6, 6.07) is 0.789. The molecule has 3 aliphatic rings. The van der Waals surface area contributed by atoms with Crippen molar-refractivity contribution in [1.29, 1.82) is 0 Å². The molecule has 3 saturated carbocycles. The second kappa shape index (κ2) is 5.41. The number of nitrogens with one attached hydrogen (secondary N) is 1. The highest BCUT2D eigenvalue weighted by Gasteiger charge is 2.41. The third kappa shape index (κ3) is 2.65. The maximum atomic E-state index is 12.4. The highest BCUT2D eigenvalue weighted by molar-refractivity contribution is 5.80. The second-order valence-electron chi connectivity index (χ2n) is 6.92. The normalized spacial score (nSPS) is 46.0. The van der Waals surface area contributed by atoms with Crippen molar-refractivity contribution in [3.05, 3.63) is 0 Å². The van der Waals surface area contributed by atoms with Crippen molar-refractivity contribution in [2.24, 2.45) is 29.2 Å². The van der Waals surface area contributed by atoms with Crippen molar-refractivity contribution in [1.82, 2.24) is 5.32 Å². The Morgan fingerprint density at radius 1 is 0.947 bits per heavy atom. The first-order valence-electron chi connectivity index (χ1n) is 7.96. The Morgan fingerprint density at radius 2 is 1.58 bits per heavy atom. The van der Waals surface area contributed by atoms with Gasteiger partial charge in [-0.25, -0.2) is 0 Å². The number of nitrogens with two attached hydrogens (primary N) is 2. The van der Waals surface area contributed by atoms with Crippen LogP contribution in [-0.2, 0) is 4.79 Å². The summed E-state index contributed by atoms with van der Waals surface area (Å²) in [7, 11) is 0. The minimum Gasteiger partial charge on any atom is -0.353 e. The first kappa shape index (κ1) is 13.4. The van der Waals surface area contributed by atoms with Crippen LogP contribution in [0.1, 0.15) is 51.4 Å². The van der Waals surface area contributed by atoms with Crippen LogP contribution in [0, 0.1) is 17.8 Å². The van der Waals surface area contributed by atoms with Gasteiger partial charge in [0.1, 0.15) is 0 Å². The van der Waals surface area contributed by atoms with E-state index in [4.69, 9.17) is 11.5 Å². The average Bonchev–Trinajstić information content (AvgIpc) is 2.76. The van der Waals surface area contributed by atoms with Gasteiger partial charge in [0.2, 0.25) is 5.91 Å². The van der Waals surface area contributed by atoms with Gasteiger partial charge in [-0.05, 0) is 50.4 Å². The van der Waals surface area contributed by atoms with E-state index >= 15 is 0 Å². The molecule has 108 valence electrons. The van der Waals surface area contributed by atoms with Crippen molar-refractivity contribution in [3.8, 4) is 0 Å². The Hall–Kier alpha value is -0.610. The summed E-state index contributed by atoms with van der Waals surface area (Å²) in [6.07, 6.45) is 8.99. The third-order valence-electron chi connectivity index (χ3n) is 5.59. The molecule has 0 aromatic heterocycles. The molecule has 0 radical (unpaired) electrons. The molecule has 4 nitrogen and oxygen atoms in total. The number of carbonyl (C=O) groups is 1. The molecule has 0 saturated heterocycles. The molecule has 0 aliphatic heterocycles. The minimum absolute atomic E-state index is 0.0522. The molecule has 3 fully saturated rings. The Morgan fingerprint density at radius 3 is 2.16 bits per heavy atom. The van der Waals surface area contributed by atoms with Gasteiger partial charge in [0, 0.05) is 18.1 Å². The van der Waals surface area contributed by atoms with Crippen molar-refractivity contribution in [2.75, 3.05) is 0 Å². The van der Waals surface area contributed by atoms with Gasteiger partial charge < -0.3 is 16.8 Å². The maximum absolute atomic E-state index is 12.4. The molecule has 0 spiro atoms. The summed E-state index contributed by atoms with van der Waals surface area (Å²) in [5.74, 6) is 1.46. The molecular formula is C15H27N3O. The molecule has 3 aliphatic carbocycles. The maximum Gasteiger partial charge on any atom is 0.224 e. The Bertz CT molecular complexity index is 332.